The van der Waals surface area contributed by atoms with Crippen molar-refractivity contribution < 1.29 is 14.7 Å². The van der Waals surface area contributed by atoms with Crippen LogP contribution in [0.15, 0.2) is 47.6 Å². The van der Waals surface area contributed by atoms with Crippen LogP contribution in [0.4, 0.5) is 5.69 Å². The summed E-state index contributed by atoms with van der Waals surface area (Å²) in [5, 5.41) is 15.8. The van der Waals surface area contributed by atoms with E-state index < -0.39 is 11.8 Å². The van der Waals surface area contributed by atoms with E-state index in [9.17, 15) is 9.90 Å². The van der Waals surface area contributed by atoms with Crippen LogP contribution in [0, 0.1) is 6.92 Å². The van der Waals surface area contributed by atoms with E-state index in [-0.39, 0.29) is 12.3 Å². The maximum atomic E-state index is 12.6. The normalized spacial score (nSPS) is 24.9. The molecule has 1 saturated heterocycles. The monoisotopic (exact) mass is 390 g/mol. The Bertz CT molecular complexity index is 893. The van der Waals surface area contributed by atoms with Crippen LogP contribution >= 0.6 is 23.2 Å². The molecular weight excluding hydrogens is 375 g/mol. The summed E-state index contributed by atoms with van der Waals surface area (Å²) in [5.74, 6) is -0.267. The fraction of sp³-hybridized carbons (Fsp3) is 0.263. The molecule has 1 spiro atoms. The number of aryl methyl sites for hydroxylation is 1. The van der Waals surface area contributed by atoms with Gasteiger partial charge in [-0.1, -0.05) is 58.2 Å². The first-order valence-electron chi connectivity index (χ1n) is 8.16. The topological polar surface area (TPSA) is 62.1 Å². The number of aliphatic hydroxyl groups is 1. The zero-order chi connectivity index (χ0) is 18.5. The van der Waals surface area contributed by atoms with E-state index in [2.05, 4.69) is 5.16 Å². The molecule has 26 heavy (non-hydrogen) atoms. The van der Waals surface area contributed by atoms with Gasteiger partial charge in [0, 0.05) is 22.2 Å². The van der Waals surface area contributed by atoms with Gasteiger partial charge in [0.15, 0.2) is 11.8 Å². The molecular formula is C19H16Cl2N2O3. The Morgan fingerprint density at radius 3 is 2.46 bits per heavy atom. The third kappa shape index (κ3) is 2.86. The first-order chi connectivity index (χ1) is 12.4. The van der Waals surface area contributed by atoms with Crippen LogP contribution in [0.1, 0.15) is 24.0 Å². The van der Waals surface area contributed by atoms with Gasteiger partial charge in [-0.25, -0.2) is 0 Å². The maximum absolute atomic E-state index is 12.6. The summed E-state index contributed by atoms with van der Waals surface area (Å²) in [6.07, 6.45) is -0.818. The lowest BCUT2D eigenvalue weighted by Gasteiger charge is -2.28. The third-order valence-electron chi connectivity index (χ3n) is 4.75. The van der Waals surface area contributed by atoms with Crippen molar-refractivity contribution in [3.05, 3.63) is 63.6 Å². The summed E-state index contributed by atoms with van der Waals surface area (Å²) in [6.45, 7) is 2.01. The van der Waals surface area contributed by atoms with E-state index in [0.717, 1.165) is 11.1 Å². The zero-order valence-electron chi connectivity index (χ0n) is 13.9. The predicted molar refractivity (Wildman–Crippen MR) is 101 cm³/mol. The lowest BCUT2D eigenvalue weighted by Crippen LogP contribution is -2.45. The van der Waals surface area contributed by atoms with Crippen LogP contribution < -0.4 is 4.90 Å². The van der Waals surface area contributed by atoms with Crippen LogP contribution in [0.5, 0.6) is 0 Å². The number of rotatable bonds is 2. The quantitative estimate of drug-likeness (QED) is 0.844. The molecule has 134 valence electrons. The average molecular weight is 391 g/mol. The minimum atomic E-state index is -1.18. The van der Waals surface area contributed by atoms with E-state index in [1.807, 2.05) is 31.2 Å². The van der Waals surface area contributed by atoms with Crippen molar-refractivity contribution in [2.24, 2.45) is 5.16 Å². The van der Waals surface area contributed by atoms with Gasteiger partial charge in [0.25, 0.3) is 0 Å². The van der Waals surface area contributed by atoms with E-state index in [0.29, 0.717) is 27.9 Å². The number of nitrogens with zero attached hydrogens (tertiary/aromatic N) is 2. The molecule has 4 rings (SSSR count). The maximum Gasteiger partial charge on any atom is 0.233 e. The smallest absolute Gasteiger partial charge is 0.233 e. The Morgan fingerprint density at radius 2 is 1.81 bits per heavy atom. The van der Waals surface area contributed by atoms with Gasteiger partial charge in [-0.2, -0.15) is 0 Å². The van der Waals surface area contributed by atoms with Crippen molar-refractivity contribution >= 4 is 40.5 Å². The van der Waals surface area contributed by atoms with E-state index in [1.165, 1.54) is 4.90 Å². The van der Waals surface area contributed by atoms with Crippen LogP contribution in [-0.4, -0.2) is 28.6 Å². The van der Waals surface area contributed by atoms with E-state index >= 15 is 0 Å². The summed E-state index contributed by atoms with van der Waals surface area (Å²) < 4.78 is 0. The number of anilines is 1. The van der Waals surface area contributed by atoms with Gasteiger partial charge in [0.1, 0.15) is 0 Å². The van der Waals surface area contributed by atoms with Crippen molar-refractivity contribution in [2.45, 2.75) is 31.6 Å². The van der Waals surface area contributed by atoms with Gasteiger partial charge in [-0.3, -0.25) is 9.69 Å². The predicted octanol–water partition coefficient (Wildman–Crippen LogP) is 3.92. The lowest BCUT2D eigenvalue weighted by atomic mass is 9.91. The summed E-state index contributed by atoms with van der Waals surface area (Å²) in [6, 6.07) is 12.6. The molecule has 2 aliphatic heterocycles. The second-order valence-electron chi connectivity index (χ2n) is 6.68. The van der Waals surface area contributed by atoms with Crippen LogP contribution in [-0.2, 0) is 9.63 Å². The number of halogens is 2. The van der Waals surface area contributed by atoms with Crippen molar-refractivity contribution in [3.63, 3.8) is 0 Å². The number of aliphatic hydroxyl groups excluding tert-OH is 1. The highest BCUT2D eigenvalue weighted by atomic mass is 35.5. The number of amides is 1. The number of carbonyl (C=O) groups is 1. The molecule has 0 saturated carbocycles. The average Bonchev–Trinajstić information content (AvgIpc) is 3.09. The molecule has 2 atom stereocenters. The molecule has 0 unspecified atom stereocenters. The standard InChI is InChI=1S/C19H16Cl2N2O3/c1-11-2-4-12(5-3-11)16-9-19(26-22-16)10-17(24)23(18(19)25)15-7-13(20)6-14(21)8-15/h2-8,18,25H,9-10H2,1H3/t18-,19+/m1/s1. The van der Waals surface area contributed by atoms with Crippen molar-refractivity contribution in [1.29, 1.82) is 0 Å². The molecule has 0 radical (unpaired) electrons. The SMILES string of the molecule is Cc1ccc(C2=NO[C@]3(CC(=O)N(c4cc(Cl)cc(Cl)c4)[C@@H]3O)C2)cc1. The summed E-state index contributed by atoms with van der Waals surface area (Å²) in [5.41, 5.74) is 2.10. The lowest BCUT2D eigenvalue weighted by molar-refractivity contribution is -0.119. The second kappa shape index (κ2) is 6.27. The largest absolute Gasteiger partial charge is 0.383 e. The molecule has 0 bridgehead atoms. The van der Waals surface area contributed by atoms with E-state index in [1.54, 1.807) is 18.2 Å². The van der Waals surface area contributed by atoms with Crippen LogP contribution in [0.2, 0.25) is 10.0 Å². The van der Waals surface area contributed by atoms with Gasteiger partial charge in [-0.05, 0) is 30.7 Å². The highest BCUT2D eigenvalue weighted by Crippen LogP contribution is 2.42. The minimum absolute atomic E-state index is 0.0250. The molecule has 0 aliphatic carbocycles. The number of benzene rings is 2. The molecule has 5 nitrogen and oxygen atoms in total. The molecule has 1 fully saturated rings. The number of hydrogen-bond acceptors (Lipinski definition) is 4. The molecule has 2 heterocycles. The van der Waals surface area contributed by atoms with Crippen LogP contribution in [0.3, 0.4) is 0 Å². The summed E-state index contributed by atoms with van der Waals surface area (Å²) in [4.78, 5) is 19.5. The Labute approximate surface area is 160 Å². The fourth-order valence-electron chi connectivity index (χ4n) is 3.40. The van der Waals surface area contributed by atoms with Crippen LogP contribution in [0.25, 0.3) is 0 Å². The Kier molecular flexibility index (Phi) is 4.18. The van der Waals surface area contributed by atoms with Gasteiger partial charge >= 0.3 is 0 Å². The van der Waals surface area contributed by atoms with Gasteiger partial charge in [0.05, 0.1) is 12.1 Å². The summed E-state index contributed by atoms with van der Waals surface area (Å²) >= 11 is 12.1. The molecule has 1 amide bonds. The van der Waals surface area contributed by atoms with Crippen molar-refractivity contribution in [3.8, 4) is 0 Å². The highest BCUT2D eigenvalue weighted by Gasteiger charge is 2.57. The fourth-order valence-corrected chi connectivity index (χ4v) is 3.91. The molecule has 7 heteroatoms. The number of carbonyl (C=O) groups excluding carboxylic acids is 1. The number of hydrogen-bond donors (Lipinski definition) is 1. The molecule has 2 aliphatic rings. The van der Waals surface area contributed by atoms with Gasteiger partial charge < -0.3 is 9.94 Å². The minimum Gasteiger partial charge on any atom is -0.383 e. The van der Waals surface area contributed by atoms with Gasteiger partial charge in [-0.15, -0.1) is 0 Å². The third-order valence-corrected chi connectivity index (χ3v) is 5.19. The van der Waals surface area contributed by atoms with E-state index in [4.69, 9.17) is 28.0 Å². The summed E-state index contributed by atoms with van der Waals surface area (Å²) in [7, 11) is 0. The Morgan fingerprint density at radius 1 is 1.15 bits per heavy atom. The van der Waals surface area contributed by atoms with Crippen molar-refractivity contribution in [1.82, 2.24) is 0 Å². The Hall–Kier alpha value is -2.08. The molecule has 0 aromatic heterocycles. The highest BCUT2D eigenvalue weighted by molar-refractivity contribution is 6.35. The first kappa shape index (κ1) is 17.3. The second-order valence-corrected chi connectivity index (χ2v) is 7.55. The molecule has 2 aromatic carbocycles. The Balaban J connectivity index is 1.61. The molecule has 2 aromatic rings. The first-order valence-corrected chi connectivity index (χ1v) is 8.92. The van der Waals surface area contributed by atoms with Gasteiger partial charge in [0.2, 0.25) is 5.91 Å². The molecule has 1 N–H and O–H groups in total. The van der Waals surface area contributed by atoms with Crippen molar-refractivity contribution in [2.75, 3.05) is 4.90 Å². The number of oxime groups is 1. The zero-order valence-corrected chi connectivity index (χ0v) is 15.5.